The zero-order valence-corrected chi connectivity index (χ0v) is 8.03. The molecule has 0 atom stereocenters. The van der Waals surface area contributed by atoms with Gasteiger partial charge in [0.15, 0.2) is 11.6 Å². The first-order chi connectivity index (χ1) is 6.68. The molecule has 2 aromatic heterocycles. The molecule has 0 radical (unpaired) electrons. The van der Waals surface area contributed by atoms with Crippen molar-refractivity contribution < 1.29 is 4.39 Å². The van der Waals surface area contributed by atoms with Crippen LogP contribution in [0.3, 0.4) is 0 Å². The number of pyridine rings is 1. The molecule has 2 heterocycles. The van der Waals surface area contributed by atoms with Crippen molar-refractivity contribution in [3.8, 4) is 5.82 Å². The average Bonchev–Trinajstić information content (AvgIpc) is 2.48. The summed E-state index contributed by atoms with van der Waals surface area (Å²) in [6, 6.07) is 2.93. The van der Waals surface area contributed by atoms with Crippen LogP contribution in [0.2, 0.25) is 0 Å². The van der Waals surface area contributed by atoms with Gasteiger partial charge in [-0.1, -0.05) is 0 Å². The summed E-state index contributed by atoms with van der Waals surface area (Å²) < 4.78 is 14.8. The maximum absolute atomic E-state index is 13.3. The number of rotatable bonds is 1. The van der Waals surface area contributed by atoms with E-state index in [2.05, 4.69) is 10.1 Å². The molecule has 0 amide bonds. The molecule has 0 fully saturated rings. The Hall–Kier alpha value is -1.71. The summed E-state index contributed by atoms with van der Waals surface area (Å²) in [5, 5.41) is 4.16. The van der Waals surface area contributed by atoms with Gasteiger partial charge >= 0.3 is 0 Å². The Balaban J connectivity index is 2.55. The van der Waals surface area contributed by atoms with Gasteiger partial charge in [0.2, 0.25) is 0 Å². The fraction of sp³-hybridized carbons (Fsp3) is 0.200. The molecule has 0 aliphatic heterocycles. The number of halogens is 1. The van der Waals surface area contributed by atoms with Gasteiger partial charge in [-0.3, -0.25) is 0 Å². The molecule has 0 bridgehead atoms. The minimum absolute atomic E-state index is 0.240. The van der Waals surface area contributed by atoms with E-state index in [0.717, 1.165) is 11.3 Å². The van der Waals surface area contributed by atoms with Gasteiger partial charge in [-0.2, -0.15) is 5.10 Å². The standard InChI is InChI=1S/C10H10FN3/c1-7-6-14(13-8(7)2)10-9(11)4-3-5-12-10/h3-6H,1-2H3. The molecular weight excluding hydrogens is 181 g/mol. The van der Waals surface area contributed by atoms with Crippen molar-refractivity contribution in [3.05, 3.63) is 41.6 Å². The van der Waals surface area contributed by atoms with Crippen LogP contribution in [-0.2, 0) is 0 Å². The number of nitrogens with zero attached hydrogens (tertiary/aromatic N) is 3. The van der Waals surface area contributed by atoms with Gasteiger partial charge < -0.3 is 0 Å². The third-order valence-electron chi connectivity index (χ3n) is 2.10. The second-order valence-electron chi connectivity index (χ2n) is 3.15. The highest BCUT2D eigenvalue weighted by Gasteiger charge is 2.07. The third kappa shape index (κ3) is 1.39. The fourth-order valence-electron chi connectivity index (χ4n) is 1.20. The zero-order chi connectivity index (χ0) is 10.1. The lowest BCUT2D eigenvalue weighted by Gasteiger charge is -1.99. The molecule has 4 heteroatoms. The van der Waals surface area contributed by atoms with Gasteiger partial charge in [0.05, 0.1) is 5.69 Å². The molecule has 0 saturated heterocycles. The summed E-state index contributed by atoms with van der Waals surface area (Å²) in [6.45, 7) is 3.81. The molecule has 0 unspecified atom stereocenters. The van der Waals surface area contributed by atoms with Crippen LogP contribution in [-0.4, -0.2) is 14.8 Å². The van der Waals surface area contributed by atoms with E-state index in [1.54, 1.807) is 18.5 Å². The van der Waals surface area contributed by atoms with Gasteiger partial charge in [0.25, 0.3) is 0 Å². The van der Waals surface area contributed by atoms with Crippen molar-refractivity contribution >= 4 is 0 Å². The minimum atomic E-state index is -0.366. The SMILES string of the molecule is Cc1cn(-c2ncccc2F)nc1C. The molecule has 0 aliphatic rings. The Morgan fingerprint density at radius 2 is 2.14 bits per heavy atom. The summed E-state index contributed by atoms with van der Waals surface area (Å²) in [7, 11) is 0. The second kappa shape index (κ2) is 3.21. The van der Waals surface area contributed by atoms with Crippen molar-refractivity contribution in [2.24, 2.45) is 0 Å². The normalized spacial score (nSPS) is 10.5. The Morgan fingerprint density at radius 1 is 1.36 bits per heavy atom. The maximum atomic E-state index is 13.3. The summed E-state index contributed by atoms with van der Waals surface area (Å²) in [4.78, 5) is 3.93. The van der Waals surface area contributed by atoms with Crippen LogP contribution in [0.1, 0.15) is 11.3 Å². The Morgan fingerprint density at radius 3 is 2.71 bits per heavy atom. The quantitative estimate of drug-likeness (QED) is 0.690. The molecule has 0 saturated carbocycles. The van der Waals surface area contributed by atoms with Crippen LogP contribution in [0.15, 0.2) is 24.5 Å². The summed E-state index contributed by atoms with van der Waals surface area (Å²) in [6.07, 6.45) is 3.31. The zero-order valence-electron chi connectivity index (χ0n) is 8.03. The van der Waals surface area contributed by atoms with Gasteiger partial charge in [-0.15, -0.1) is 0 Å². The fourth-order valence-corrected chi connectivity index (χ4v) is 1.20. The number of hydrogen-bond acceptors (Lipinski definition) is 2. The number of hydrogen-bond donors (Lipinski definition) is 0. The molecule has 0 spiro atoms. The Kier molecular flexibility index (Phi) is 2.04. The first-order valence-corrected chi connectivity index (χ1v) is 4.32. The lowest BCUT2D eigenvalue weighted by Crippen LogP contribution is -2.01. The number of aromatic nitrogens is 3. The lowest BCUT2D eigenvalue weighted by molar-refractivity contribution is 0.600. The van der Waals surface area contributed by atoms with E-state index < -0.39 is 0 Å². The van der Waals surface area contributed by atoms with Gasteiger partial charge in [0, 0.05) is 12.4 Å². The second-order valence-corrected chi connectivity index (χ2v) is 3.15. The van der Waals surface area contributed by atoms with Crippen molar-refractivity contribution in [1.29, 1.82) is 0 Å². The smallest absolute Gasteiger partial charge is 0.189 e. The largest absolute Gasteiger partial charge is 0.235 e. The first kappa shape index (κ1) is 8.87. The molecule has 72 valence electrons. The van der Waals surface area contributed by atoms with E-state index in [-0.39, 0.29) is 11.6 Å². The molecule has 14 heavy (non-hydrogen) atoms. The van der Waals surface area contributed by atoms with Gasteiger partial charge in [-0.25, -0.2) is 14.1 Å². The number of aryl methyl sites for hydroxylation is 2. The molecule has 3 nitrogen and oxygen atoms in total. The van der Waals surface area contributed by atoms with Crippen LogP contribution in [0.25, 0.3) is 5.82 Å². The van der Waals surface area contributed by atoms with Crippen LogP contribution in [0.5, 0.6) is 0 Å². The highest BCUT2D eigenvalue weighted by atomic mass is 19.1. The van der Waals surface area contributed by atoms with E-state index in [9.17, 15) is 4.39 Å². The monoisotopic (exact) mass is 191 g/mol. The average molecular weight is 191 g/mol. The lowest BCUT2D eigenvalue weighted by atomic mass is 10.3. The molecule has 0 aromatic carbocycles. The van der Waals surface area contributed by atoms with Crippen molar-refractivity contribution in [1.82, 2.24) is 14.8 Å². The maximum Gasteiger partial charge on any atom is 0.189 e. The molecule has 2 aromatic rings. The van der Waals surface area contributed by atoms with Crippen LogP contribution in [0, 0.1) is 19.7 Å². The van der Waals surface area contributed by atoms with E-state index >= 15 is 0 Å². The summed E-state index contributed by atoms with van der Waals surface area (Å²) in [5.41, 5.74) is 1.91. The van der Waals surface area contributed by atoms with E-state index in [4.69, 9.17) is 0 Å². The van der Waals surface area contributed by atoms with Gasteiger partial charge in [-0.05, 0) is 31.5 Å². The van der Waals surface area contributed by atoms with E-state index in [1.165, 1.54) is 10.7 Å². The molecule has 0 aliphatic carbocycles. The minimum Gasteiger partial charge on any atom is -0.235 e. The summed E-state index contributed by atoms with van der Waals surface area (Å²) in [5.74, 6) is -0.126. The Bertz CT molecular complexity index is 443. The van der Waals surface area contributed by atoms with Crippen LogP contribution in [0.4, 0.5) is 4.39 Å². The topological polar surface area (TPSA) is 30.7 Å². The Labute approximate surface area is 81.2 Å². The molecule has 2 rings (SSSR count). The van der Waals surface area contributed by atoms with Gasteiger partial charge in [0.1, 0.15) is 0 Å². The van der Waals surface area contributed by atoms with Crippen molar-refractivity contribution in [3.63, 3.8) is 0 Å². The van der Waals surface area contributed by atoms with E-state index in [0.29, 0.717) is 0 Å². The van der Waals surface area contributed by atoms with Crippen LogP contribution >= 0.6 is 0 Å². The molecular formula is C10H10FN3. The molecule has 0 N–H and O–H groups in total. The third-order valence-corrected chi connectivity index (χ3v) is 2.10. The van der Waals surface area contributed by atoms with Crippen LogP contribution < -0.4 is 0 Å². The summed E-state index contributed by atoms with van der Waals surface area (Å²) >= 11 is 0. The highest BCUT2D eigenvalue weighted by Crippen LogP contribution is 2.11. The van der Waals surface area contributed by atoms with Crippen molar-refractivity contribution in [2.45, 2.75) is 13.8 Å². The first-order valence-electron chi connectivity index (χ1n) is 4.32. The highest BCUT2D eigenvalue weighted by molar-refractivity contribution is 5.26. The predicted octanol–water partition coefficient (Wildman–Crippen LogP) is 2.02. The van der Waals surface area contributed by atoms with Crippen molar-refractivity contribution in [2.75, 3.05) is 0 Å². The predicted molar refractivity (Wildman–Crippen MR) is 50.8 cm³/mol. The van der Waals surface area contributed by atoms with E-state index in [1.807, 2.05) is 13.8 Å².